The fourth-order valence-corrected chi connectivity index (χ4v) is 2.04. The molecule has 0 bridgehead atoms. The summed E-state index contributed by atoms with van der Waals surface area (Å²) in [5.74, 6) is -3.04. The average Bonchev–Trinajstić information content (AvgIpc) is 2.49. The van der Waals surface area contributed by atoms with E-state index in [-0.39, 0.29) is 5.78 Å². The van der Waals surface area contributed by atoms with Crippen molar-refractivity contribution in [2.45, 2.75) is 25.7 Å². The molecule has 5 nitrogen and oxygen atoms in total. The molecule has 0 saturated heterocycles. The average molecular weight is 228 g/mol. The smallest absolute Gasteiger partial charge is 0.317 e. The number of hydrogen-bond donors (Lipinski definition) is 0. The first-order chi connectivity index (χ1) is 7.61. The molecule has 0 radical (unpaired) electrons. The third-order valence-corrected chi connectivity index (χ3v) is 2.90. The molecule has 2 unspecified atom stereocenters. The molecule has 1 saturated carbocycles. The highest BCUT2D eigenvalue weighted by Gasteiger charge is 2.41. The second-order valence-electron chi connectivity index (χ2n) is 3.84. The van der Waals surface area contributed by atoms with Crippen molar-refractivity contribution in [3.8, 4) is 0 Å². The first-order valence-electron chi connectivity index (χ1n) is 5.30. The van der Waals surface area contributed by atoms with E-state index in [1.807, 2.05) is 0 Å². The molecule has 0 spiro atoms. The summed E-state index contributed by atoms with van der Waals surface area (Å²) in [4.78, 5) is 34.8. The second-order valence-corrected chi connectivity index (χ2v) is 3.84. The van der Waals surface area contributed by atoms with Gasteiger partial charge in [0.25, 0.3) is 0 Å². The molecular formula is C11H16O5. The molecule has 0 aromatic rings. The molecule has 1 aliphatic carbocycles. The predicted molar refractivity (Wildman–Crippen MR) is 54.5 cm³/mol. The first kappa shape index (κ1) is 12.7. The quantitative estimate of drug-likeness (QED) is 0.395. The maximum absolute atomic E-state index is 11.7. The largest absolute Gasteiger partial charge is 0.469 e. The molecule has 1 fully saturated rings. The predicted octanol–water partition coefficient (Wildman–Crippen LogP) is 0.708. The summed E-state index contributed by atoms with van der Waals surface area (Å²) in [7, 11) is 2.47. The number of carbonyl (C=O) groups is 3. The van der Waals surface area contributed by atoms with E-state index in [2.05, 4.69) is 9.47 Å². The van der Waals surface area contributed by atoms with Crippen LogP contribution >= 0.6 is 0 Å². The lowest BCUT2D eigenvalue weighted by atomic mass is 9.87. The molecule has 1 rings (SSSR count). The van der Waals surface area contributed by atoms with E-state index >= 15 is 0 Å². The summed E-state index contributed by atoms with van der Waals surface area (Å²) in [6, 6.07) is 0. The summed E-state index contributed by atoms with van der Waals surface area (Å²) < 4.78 is 9.19. The van der Waals surface area contributed by atoms with Crippen LogP contribution in [0.25, 0.3) is 0 Å². The van der Waals surface area contributed by atoms with Crippen molar-refractivity contribution in [3.63, 3.8) is 0 Å². The van der Waals surface area contributed by atoms with Crippen molar-refractivity contribution in [1.82, 2.24) is 0 Å². The zero-order valence-electron chi connectivity index (χ0n) is 9.52. The Hall–Kier alpha value is -1.39. The van der Waals surface area contributed by atoms with E-state index in [1.165, 1.54) is 14.2 Å². The highest BCUT2D eigenvalue weighted by Crippen LogP contribution is 2.28. The molecular weight excluding hydrogens is 212 g/mol. The Morgan fingerprint density at radius 1 is 1.12 bits per heavy atom. The summed E-state index contributed by atoms with van der Waals surface area (Å²) in [5.41, 5.74) is 0. The Morgan fingerprint density at radius 2 is 1.75 bits per heavy atom. The Morgan fingerprint density at radius 3 is 2.31 bits per heavy atom. The molecule has 90 valence electrons. The van der Waals surface area contributed by atoms with Gasteiger partial charge in [-0.05, 0) is 12.8 Å². The van der Waals surface area contributed by atoms with Crippen molar-refractivity contribution in [3.05, 3.63) is 0 Å². The Bertz CT molecular complexity index is 297. The molecule has 0 N–H and O–H groups in total. The van der Waals surface area contributed by atoms with Gasteiger partial charge in [0.05, 0.1) is 20.1 Å². The molecule has 0 heterocycles. The van der Waals surface area contributed by atoms with E-state index < -0.39 is 23.8 Å². The standard InChI is InChI=1S/C11H16O5/c1-15-10(13)7-5-3-4-6-8(12)9(7)11(14)16-2/h7,9H,3-6H2,1-2H3. The highest BCUT2D eigenvalue weighted by molar-refractivity contribution is 6.02. The zero-order valence-corrected chi connectivity index (χ0v) is 9.52. The Labute approximate surface area is 94.1 Å². The van der Waals surface area contributed by atoms with Gasteiger partial charge in [-0.2, -0.15) is 0 Å². The second kappa shape index (κ2) is 5.63. The first-order valence-corrected chi connectivity index (χ1v) is 5.30. The van der Waals surface area contributed by atoms with E-state index in [1.54, 1.807) is 0 Å². The summed E-state index contributed by atoms with van der Waals surface area (Å²) in [6.45, 7) is 0. The van der Waals surface area contributed by atoms with Gasteiger partial charge in [-0.1, -0.05) is 6.42 Å². The van der Waals surface area contributed by atoms with Gasteiger partial charge in [0.1, 0.15) is 11.7 Å². The van der Waals surface area contributed by atoms with E-state index in [9.17, 15) is 14.4 Å². The maximum Gasteiger partial charge on any atom is 0.317 e. The minimum atomic E-state index is -0.986. The van der Waals surface area contributed by atoms with Gasteiger partial charge in [-0.3, -0.25) is 14.4 Å². The summed E-state index contributed by atoms with van der Waals surface area (Å²) in [5, 5.41) is 0. The van der Waals surface area contributed by atoms with Gasteiger partial charge in [-0.15, -0.1) is 0 Å². The fourth-order valence-electron chi connectivity index (χ4n) is 2.04. The third kappa shape index (κ3) is 2.59. The molecule has 0 aromatic carbocycles. The Balaban J connectivity index is 2.94. The molecule has 2 atom stereocenters. The number of esters is 2. The molecule has 0 aliphatic heterocycles. The van der Waals surface area contributed by atoms with E-state index in [0.717, 1.165) is 6.42 Å². The molecule has 1 aliphatic rings. The fraction of sp³-hybridized carbons (Fsp3) is 0.727. The number of hydrogen-bond acceptors (Lipinski definition) is 5. The van der Waals surface area contributed by atoms with Crippen LogP contribution < -0.4 is 0 Å². The Kier molecular flexibility index (Phi) is 4.46. The van der Waals surface area contributed by atoms with Crippen molar-refractivity contribution in [2.75, 3.05) is 14.2 Å². The van der Waals surface area contributed by atoms with Gasteiger partial charge in [-0.25, -0.2) is 0 Å². The summed E-state index contributed by atoms with van der Waals surface area (Å²) in [6.07, 6.45) is 2.28. The monoisotopic (exact) mass is 228 g/mol. The zero-order chi connectivity index (χ0) is 12.1. The number of Topliss-reactive ketones (excluding diaryl/α,β-unsaturated/α-hetero) is 1. The van der Waals surface area contributed by atoms with Crippen LogP contribution in [0.1, 0.15) is 25.7 Å². The van der Waals surface area contributed by atoms with Crippen LogP contribution in [0.4, 0.5) is 0 Å². The van der Waals surface area contributed by atoms with Gasteiger partial charge < -0.3 is 9.47 Å². The van der Waals surface area contributed by atoms with Gasteiger partial charge in [0.15, 0.2) is 0 Å². The van der Waals surface area contributed by atoms with E-state index in [4.69, 9.17) is 0 Å². The SMILES string of the molecule is COC(=O)C1CCCCC(=O)C1C(=O)OC. The molecule has 0 amide bonds. The minimum absolute atomic E-state index is 0.222. The number of ether oxygens (including phenoxy) is 2. The lowest BCUT2D eigenvalue weighted by Gasteiger charge is -2.19. The topological polar surface area (TPSA) is 69.7 Å². The van der Waals surface area contributed by atoms with Crippen molar-refractivity contribution >= 4 is 17.7 Å². The maximum atomic E-state index is 11.7. The van der Waals surface area contributed by atoms with Crippen molar-refractivity contribution in [2.24, 2.45) is 11.8 Å². The van der Waals surface area contributed by atoms with Crippen LogP contribution in [0.3, 0.4) is 0 Å². The van der Waals surface area contributed by atoms with Gasteiger partial charge in [0, 0.05) is 6.42 Å². The van der Waals surface area contributed by atoms with Crippen LogP contribution in [0.5, 0.6) is 0 Å². The number of methoxy groups -OCH3 is 2. The molecule has 0 aromatic heterocycles. The van der Waals surface area contributed by atoms with Gasteiger partial charge >= 0.3 is 11.9 Å². The minimum Gasteiger partial charge on any atom is -0.469 e. The number of rotatable bonds is 2. The van der Waals surface area contributed by atoms with Crippen LogP contribution in [-0.4, -0.2) is 31.9 Å². The molecule has 5 heteroatoms. The van der Waals surface area contributed by atoms with Crippen LogP contribution in [-0.2, 0) is 23.9 Å². The van der Waals surface area contributed by atoms with Crippen molar-refractivity contribution < 1.29 is 23.9 Å². The van der Waals surface area contributed by atoms with Crippen molar-refractivity contribution in [1.29, 1.82) is 0 Å². The lowest BCUT2D eigenvalue weighted by Crippen LogP contribution is -2.36. The molecule has 16 heavy (non-hydrogen) atoms. The van der Waals surface area contributed by atoms with E-state index in [0.29, 0.717) is 19.3 Å². The number of carbonyl (C=O) groups excluding carboxylic acids is 3. The summed E-state index contributed by atoms with van der Waals surface area (Å²) >= 11 is 0. The van der Waals surface area contributed by atoms with Crippen LogP contribution in [0.2, 0.25) is 0 Å². The highest BCUT2D eigenvalue weighted by atomic mass is 16.5. The van der Waals surface area contributed by atoms with Crippen LogP contribution in [0.15, 0.2) is 0 Å². The normalized spacial score (nSPS) is 25.8. The van der Waals surface area contributed by atoms with Gasteiger partial charge in [0.2, 0.25) is 0 Å². The lowest BCUT2D eigenvalue weighted by molar-refractivity contribution is -0.160. The third-order valence-electron chi connectivity index (χ3n) is 2.90. The number of ketones is 1. The van der Waals surface area contributed by atoms with Crippen LogP contribution in [0, 0.1) is 11.8 Å².